The molecule has 0 bridgehead atoms. The quantitative estimate of drug-likeness (QED) is 0.596. The van der Waals surface area contributed by atoms with E-state index in [1.807, 2.05) is 0 Å². The molecule has 0 spiro atoms. The summed E-state index contributed by atoms with van der Waals surface area (Å²) in [5, 5.41) is 17.7. The molecule has 1 saturated heterocycles. The highest BCUT2D eigenvalue weighted by Gasteiger charge is 2.24. The first-order chi connectivity index (χ1) is 5.79. The lowest BCUT2D eigenvalue weighted by Gasteiger charge is -2.32. The largest absolute Gasteiger partial charge is 0.394 e. The van der Waals surface area contributed by atoms with Crippen LogP contribution in [0.1, 0.15) is 19.3 Å². The maximum absolute atomic E-state index is 11.3. The Labute approximate surface area is 71.8 Å². The molecule has 1 aliphatic rings. The van der Waals surface area contributed by atoms with Crippen molar-refractivity contribution < 1.29 is 15.0 Å². The highest BCUT2D eigenvalue weighted by molar-refractivity contribution is 5.77. The van der Waals surface area contributed by atoms with Crippen LogP contribution in [0.25, 0.3) is 0 Å². The van der Waals surface area contributed by atoms with Gasteiger partial charge in [0.25, 0.3) is 0 Å². The number of piperidine rings is 1. The number of nitrogens with zero attached hydrogens (tertiary/aromatic N) is 1. The molecule has 0 aliphatic carbocycles. The fourth-order valence-corrected chi connectivity index (χ4v) is 1.47. The van der Waals surface area contributed by atoms with Gasteiger partial charge < -0.3 is 15.1 Å². The maximum Gasteiger partial charge on any atom is 0.222 e. The van der Waals surface area contributed by atoms with Gasteiger partial charge in [-0.2, -0.15) is 0 Å². The van der Waals surface area contributed by atoms with E-state index in [1.165, 1.54) is 0 Å². The Morgan fingerprint density at radius 2 is 2.00 bits per heavy atom. The highest BCUT2D eigenvalue weighted by Crippen LogP contribution is 2.13. The van der Waals surface area contributed by atoms with Gasteiger partial charge in [0.05, 0.1) is 19.3 Å². The lowest BCUT2D eigenvalue weighted by molar-refractivity contribution is -0.137. The number of amides is 1. The van der Waals surface area contributed by atoms with Crippen molar-refractivity contribution in [2.75, 3.05) is 19.8 Å². The Kier molecular flexibility index (Phi) is 3.49. The molecular weight excluding hydrogens is 158 g/mol. The van der Waals surface area contributed by atoms with Crippen molar-refractivity contribution in [3.05, 3.63) is 0 Å². The van der Waals surface area contributed by atoms with Crippen LogP contribution in [0.4, 0.5) is 0 Å². The summed E-state index contributed by atoms with van der Waals surface area (Å²) in [4.78, 5) is 12.8. The van der Waals surface area contributed by atoms with Crippen molar-refractivity contribution in [1.82, 2.24) is 4.90 Å². The minimum absolute atomic E-state index is 0.0503. The summed E-state index contributed by atoms with van der Waals surface area (Å²) in [5.74, 6) is 0.0503. The average Bonchev–Trinajstić information content (AvgIpc) is 2.10. The van der Waals surface area contributed by atoms with Crippen LogP contribution in [0.3, 0.4) is 0 Å². The van der Waals surface area contributed by atoms with Crippen molar-refractivity contribution >= 4 is 5.91 Å². The number of rotatable bonds is 3. The Balaban J connectivity index is 2.51. The van der Waals surface area contributed by atoms with E-state index in [0.717, 1.165) is 12.8 Å². The Bertz CT molecular complexity index is 156. The summed E-state index contributed by atoms with van der Waals surface area (Å²) in [6.45, 7) is 0.370. The van der Waals surface area contributed by atoms with Crippen LogP contribution in [-0.4, -0.2) is 46.8 Å². The predicted molar refractivity (Wildman–Crippen MR) is 43.5 cm³/mol. The molecule has 4 nitrogen and oxygen atoms in total. The van der Waals surface area contributed by atoms with E-state index in [1.54, 1.807) is 4.90 Å². The average molecular weight is 173 g/mol. The fourth-order valence-electron chi connectivity index (χ4n) is 1.47. The normalized spacial score (nSPS) is 18.9. The summed E-state index contributed by atoms with van der Waals surface area (Å²) in [6, 6.07) is -0.391. The van der Waals surface area contributed by atoms with Crippen LogP contribution in [0, 0.1) is 0 Å². The van der Waals surface area contributed by atoms with Gasteiger partial charge in [-0.3, -0.25) is 4.79 Å². The number of aliphatic hydroxyl groups is 2. The topological polar surface area (TPSA) is 60.8 Å². The molecule has 1 heterocycles. The van der Waals surface area contributed by atoms with Gasteiger partial charge in [-0.05, 0) is 12.8 Å². The molecule has 2 N–H and O–H groups in total. The Hall–Kier alpha value is -0.610. The number of carbonyl (C=O) groups excluding carboxylic acids is 1. The number of hydrogen-bond acceptors (Lipinski definition) is 3. The van der Waals surface area contributed by atoms with Gasteiger partial charge in [-0.25, -0.2) is 0 Å². The van der Waals surface area contributed by atoms with Crippen LogP contribution in [0.15, 0.2) is 0 Å². The third kappa shape index (κ3) is 1.95. The van der Waals surface area contributed by atoms with E-state index in [9.17, 15) is 4.79 Å². The molecule has 0 aromatic rings. The first kappa shape index (κ1) is 9.48. The molecule has 1 rings (SSSR count). The summed E-state index contributed by atoms with van der Waals surface area (Å²) < 4.78 is 0. The van der Waals surface area contributed by atoms with E-state index in [0.29, 0.717) is 13.0 Å². The predicted octanol–water partition coefficient (Wildman–Crippen LogP) is -0.648. The third-order valence-corrected chi connectivity index (χ3v) is 2.22. The number of hydrogen-bond donors (Lipinski definition) is 2. The first-order valence-corrected chi connectivity index (χ1v) is 4.30. The maximum atomic E-state index is 11.3. The van der Waals surface area contributed by atoms with Crippen molar-refractivity contribution in [3.63, 3.8) is 0 Å². The van der Waals surface area contributed by atoms with Crippen LogP contribution < -0.4 is 0 Å². The van der Waals surface area contributed by atoms with Gasteiger partial charge in [0, 0.05) is 13.0 Å². The monoisotopic (exact) mass is 173 g/mol. The van der Waals surface area contributed by atoms with Gasteiger partial charge in [-0.15, -0.1) is 0 Å². The highest BCUT2D eigenvalue weighted by atomic mass is 16.3. The van der Waals surface area contributed by atoms with Gasteiger partial charge >= 0.3 is 0 Å². The van der Waals surface area contributed by atoms with Gasteiger partial charge in [0.1, 0.15) is 0 Å². The molecule has 12 heavy (non-hydrogen) atoms. The number of carbonyl (C=O) groups is 1. The van der Waals surface area contributed by atoms with Crippen molar-refractivity contribution in [2.45, 2.75) is 25.3 Å². The first-order valence-electron chi connectivity index (χ1n) is 4.30. The molecule has 0 aromatic heterocycles. The smallest absolute Gasteiger partial charge is 0.222 e. The third-order valence-electron chi connectivity index (χ3n) is 2.22. The van der Waals surface area contributed by atoms with Gasteiger partial charge in [0.2, 0.25) is 5.91 Å². The van der Waals surface area contributed by atoms with E-state index >= 15 is 0 Å². The molecule has 1 amide bonds. The van der Waals surface area contributed by atoms with E-state index in [4.69, 9.17) is 10.2 Å². The molecule has 0 atom stereocenters. The minimum Gasteiger partial charge on any atom is -0.394 e. The van der Waals surface area contributed by atoms with Crippen LogP contribution in [0.2, 0.25) is 0 Å². The molecule has 4 heteroatoms. The zero-order chi connectivity index (χ0) is 8.97. The van der Waals surface area contributed by atoms with E-state index in [2.05, 4.69) is 0 Å². The molecular formula is C8H15NO3. The van der Waals surface area contributed by atoms with Crippen molar-refractivity contribution in [3.8, 4) is 0 Å². The zero-order valence-electron chi connectivity index (χ0n) is 7.07. The molecule has 0 saturated carbocycles. The van der Waals surface area contributed by atoms with Gasteiger partial charge in [0.15, 0.2) is 0 Å². The summed E-state index contributed by atoms with van der Waals surface area (Å²) >= 11 is 0. The molecule has 1 aliphatic heterocycles. The van der Waals surface area contributed by atoms with Crippen LogP contribution >= 0.6 is 0 Å². The molecule has 1 fully saturated rings. The second-order valence-electron chi connectivity index (χ2n) is 3.06. The van der Waals surface area contributed by atoms with Crippen LogP contribution in [-0.2, 0) is 4.79 Å². The van der Waals surface area contributed by atoms with Crippen LogP contribution in [0.5, 0.6) is 0 Å². The summed E-state index contributed by atoms with van der Waals surface area (Å²) in [7, 11) is 0. The lowest BCUT2D eigenvalue weighted by Crippen LogP contribution is -2.47. The fraction of sp³-hybridized carbons (Fsp3) is 0.875. The van der Waals surface area contributed by atoms with E-state index in [-0.39, 0.29) is 19.1 Å². The van der Waals surface area contributed by atoms with Crippen molar-refractivity contribution in [2.24, 2.45) is 0 Å². The lowest BCUT2D eigenvalue weighted by atomic mass is 10.1. The molecule has 0 radical (unpaired) electrons. The standard InChI is InChI=1S/C8H15NO3/c10-5-7(6-11)9-4-2-1-3-8(9)12/h7,10-11H,1-6H2. The van der Waals surface area contributed by atoms with Crippen molar-refractivity contribution in [1.29, 1.82) is 0 Å². The minimum atomic E-state index is -0.391. The molecule has 70 valence electrons. The number of aliphatic hydroxyl groups excluding tert-OH is 2. The second kappa shape index (κ2) is 4.42. The Morgan fingerprint density at radius 1 is 1.33 bits per heavy atom. The van der Waals surface area contributed by atoms with E-state index < -0.39 is 6.04 Å². The second-order valence-corrected chi connectivity index (χ2v) is 3.06. The Morgan fingerprint density at radius 3 is 2.50 bits per heavy atom. The molecule has 0 unspecified atom stereocenters. The summed E-state index contributed by atoms with van der Waals surface area (Å²) in [6.07, 6.45) is 2.46. The SMILES string of the molecule is O=C1CCCCN1C(CO)CO. The molecule has 0 aromatic carbocycles. The zero-order valence-corrected chi connectivity index (χ0v) is 7.07. The van der Waals surface area contributed by atoms with Gasteiger partial charge in [-0.1, -0.05) is 0 Å². The summed E-state index contributed by atoms with van der Waals surface area (Å²) in [5.41, 5.74) is 0. The number of likely N-dealkylation sites (tertiary alicyclic amines) is 1.